The normalized spacial score (nSPS) is 10.6. The average molecular weight is 372 g/mol. The second-order valence-electron chi connectivity index (χ2n) is 5.50. The highest BCUT2D eigenvalue weighted by Crippen LogP contribution is 2.27. The van der Waals surface area contributed by atoms with Crippen LogP contribution < -0.4 is 4.74 Å². The van der Waals surface area contributed by atoms with Gasteiger partial charge in [0.05, 0.1) is 24.6 Å². The number of aryl methyl sites for hydroxylation is 1. The van der Waals surface area contributed by atoms with Gasteiger partial charge in [0, 0.05) is 17.5 Å². The number of alkyl halides is 1. The van der Waals surface area contributed by atoms with E-state index in [1.54, 1.807) is 13.1 Å². The van der Waals surface area contributed by atoms with Crippen LogP contribution in [0.15, 0.2) is 35.2 Å². The van der Waals surface area contributed by atoms with Gasteiger partial charge in [0.1, 0.15) is 12.3 Å². The Morgan fingerprint density at radius 3 is 2.67 bits per heavy atom. The highest BCUT2D eigenvalue weighted by atomic mass is 19.1. The number of halogens is 1. The molecule has 3 rings (SSSR count). The lowest BCUT2D eigenvalue weighted by atomic mass is 10.1. The predicted molar refractivity (Wildman–Crippen MR) is 91.6 cm³/mol. The molecule has 0 aliphatic heterocycles. The number of hydrogen-bond donors (Lipinski definition) is 0. The Morgan fingerprint density at radius 1 is 1.19 bits per heavy atom. The fourth-order valence-electron chi connectivity index (χ4n) is 2.28. The molecular formula is C18H17FN4O4. The van der Waals surface area contributed by atoms with Gasteiger partial charge in [-0.2, -0.15) is 0 Å². The van der Waals surface area contributed by atoms with E-state index >= 15 is 0 Å². The number of aromatic nitrogens is 4. The first-order valence-corrected chi connectivity index (χ1v) is 8.20. The van der Waals surface area contributed by atoms with Crippen molar-refractivity contribution in [2.75, 3.05) is 6.61 Å². The lowest BCUT2D eigenvalue weighted by Crippen LogP contribution is -2.08. The summed E-state index contributed by atoms with van der Waals surface area (Å²) in [5.74, 6) is -0.326. The number of hydrogen-bond acceptors (Lipinski definition) is 8. The summed E-state index contributed by atoms with van der Waals surface area (Å²) in [5.41, 5.74) is 2.52. The van der Waals surface area contributed by atoms with E-state index in [9.17, 15) is 9.18 Å². The van der Waals surface area contributed by atoms with Gasteiger partial charge in [0.25, 0.3) is 0 Å². The largest absolute Gasteiger partial charge is 0.471 e. The maximum absolute atomic E-state index is 13.2. The van der Waals surface area contributed by atoms with Gasteiger partial charge in [0.2, 0.25) is 5.88 Å². The minimum absolute atomic E-state index is 0.0284. The van der Waals surface area contributed by atoms with E-state index in [0.29, 0.717) is 16.8 Å². The molecule has 3 aromatic heterocycles. The van der Waals surface area contributed by atoms with E-state index in [0.717, 1.165) is 5.69 Å². The third kappa shape index (κ3) is 4.25. The summed E-state index contributed by atoms with van der Waals surface area (Å²) in [5, 5.41) is 3.92. The van der Waals surface area contributed by atoms with Crippen LogP contribution in [0.2, 0.25) is 0 Å². The summed E-state index contributed by atoms with van der Waals surface area (Å²) in [6, 6.07) is 3.64. The van der Waals surface area contributed by atoms with Crippen LogP contribution in [0.5, 0.6) is 5.88 Å². The molecule has 0 atom stereocenters. The highest BCUT2D eigenvalue weighted by Gasteiger charge is 2.19. The smallest absolute Gasteiger partial charge is 0.358 e. The fourth-order valence-corrected chi connectivity index (χ4v) is 2.28. The second-order valence-corrected chi connectivity index (χ2v) is 5.50. The predicted octanol–water partition coefficient (Wildman–Crippen LogP) is 3.06. The van der Waals surface area contributed by atoms with Crippen molar-refractivity contribution >= 4 is 5.97 Å². The van der Waals surface area contributed by atoms with E-state index in [1.165, 1.54) is 12.4 Å². The molecule has 8 nitrogen and oxygen atoms in total. The fraction of sp³-hybridized carbons (Fsp3) is 0.278. The molecule has 0 radical (unpaired) electrons. The molecule has 140 valence electrons. The van der Waals surface area contributed by atoms with Crippen LogP contribution in [0.4, 0.5) is 4.39 Å². The molecule has 3 heterocycles. The van der Waals surface area contributed by atoms with Crippen molar-refractivity contribution in [3.63, 3.8) is 0 Å². The van der Waals surface area contributed by atoms with E-state index in [1.807, 2.05) is 19.1 Å². The number of carbonyl (C=O) groups is 1. The number of ether oxygens (including phenoxy) is 2. The van der Waals surface area contributed by atoms with Gasteiger partial charge >= 0.3 is 5.97 Å². The van der Waals surface area contributed by atoms with E-state index < -0.39 is 12.6 Å². The first kappa shape index (κ1) is 18.4. The summed E-state index contributed by atoms with van der Waals surface area (Å²) in [4.78, 5) is 23.7. The first-order valence-electron chi connectivity index (χ1n) is 8.20. The van der Waals surface area contributed by atoms with Gasteiger partial charge in [0.15, 0.2) is 18.1 Å². The number of nitrogens with zero attached hydrogens (tertiary/aromatic N) is 4. The van der Waals surface area contributed by atoms with Crippen molar-refractivity contribution in [3.05, 3.63) is 53.4 Å². The second kappa shape index (κ2) is 8.35. The van der Waals surface area contributed by atoms with Crippen LogP contribution in [0.25, 0.3) is 11.3 Å². The van der Waals surface area contributed by atoms with Gasteiger partial charge in [-0.15, -0.1) is 0 Å². The topological polar surface area (TPSA) is 100 Å². The van der Waals surface area contributed by atoms with Gasteiger partial charge < -0.3 is 14.0 Å². The number of pyridine rings is 1. The average Bonchev–Trinajstić information content (AvgIpc) is 3.10. The van der Waals surface area contributed by atoms with Crippen molar-refractivity contribution in [1.29, 1.82) is 0 Å². The van der Waals surface area contributed by atoms with Crippen LogP contribution in [0, 0.1) is 6.92 Å². The molecule has 0 bridgehead atoms. The summed E-state index contributed by atoms with van der Waals surface area (Å²) in [6.45, 7) is 2.96. The molecule has 0 saturated carbocycles. The van der Waals surface area contributed by atoms with Crippen molar-refractivity contribution in [1.82, 2.24) is 20.1 Å². The third-order valence-corrected chi connectivity index (χ3v) is 3.65. The Bertz CT molecular complexity index is 910. The van der Waals surface area contributed by atoms with Gasteiger partial charge in [-0.05, 0) is 26.0 Å². The minimum atomic E-state index is -0.821. The van der Waals surface area contributed by atoms with E-state index in [2.05, 4.69) is 20.1 Å². The van der Waals surface area contributed by atoms with Crippen LogP contribution >= 0.6 is 0 Å². The van der Waals surface area contributed by atoms with Gasteiger partial charge in [-0.25, -0.2) is 19.2 Å². The molecule has 0 amide bonds. The Kier molecular flexibility index (Phi) is 5.70. The van der Waals surface area contributed by atoms with Gasteiger partial charge in [-0.1, -0.05) is 5.16 Å². The monoisotopic (exact) mass is 372 g/mol. The van der Waals surface area contributed by atoms with E-state index in [4.69, 9.17) is 14.0 Å². The molecule has 9 heteroatoms. The van der Waals surface area contributed by atoms with E-state index in [-0.39, 0.29) is 30.5 Å². The zero-order valence-corrected chi connectivity index (χ0v) is 14.8. The summed E-state index contributed by atoms with van der Waals surface area (Å²) >= 11 is 0. The maximum Gasteiger partial charge on any atom is 0.358 e. The molecule has 27 heavy (non-hydrogen) atoms. The molecule has 0 aromatic carbocycles. The molecule has 0 aliphatic carbocycles. The van der Waals surface area contributed by atoms with Crippen molar-refractivity contribution < 1.29 is 23.2 Å². The number of rotatable bonds is 7. The number of carbonyl (C=O) groups excluding carboxylic acids is 1. The van der Waals surface area contributed by atoms with Crippen molar-refractivity contribution in [3.8, 4) is 17.1 Å². The van der Waals surface area contributed by atoms with Crippen molar-refractivity contribution in [2.24, 2.45) is 0 Å². The molecule has 0 N–H and O–H groups in total. The zero-order chi connectivity index (χ0) is 19.2. The standard InChI is InChI=1S/C18H17FN4O4/c1-3-25-18(24)14-8-22-16(9-21-14)26-10-13-15(6-19)27-23-17(13)12-5-4-11(2)20-7-12/h4-5,7-9H,3,6,10H2,1-2H3. The van der Waals surface area contributed by atoms with Gasteiger partial charge in [-0.3, -0.25) is 4.98 Å². The number of esters is 1. The molecule has 0 fully saturated rings. The summed E-state index contributed by atoms with van der Waals surface area (Å²) in [6.07, 6.45) is 4.18. The maximum atomic E-state index is 13.2. The zero-order valence-electron chi connectivity index (χ0n) is 14.8. The van der Waals surface area contributed by atoms with Crippen LogP contribution in [-0.2, 0) is 18.0 Å². The lowest BCUT2D eigenvalue weighted by Gasteiger charge is -2.07. The molecule has 3 aromatic rings. The molecule has 0 unspecified atom stereocenters. The summed E-state index contributed by atoms with van der Waals surface area (Å²) < 4.78 is 28.7. The quantitative estimate of drug-likeness (QED) is 0.583. The molecule has 0 aliphatic rings. The summed E-state index contributed by atoms with van der Waals surface area (Å²) in [7, 11) is 0. The highest BCUT2D eigenvalue weighted by molar-refractivity contribution is 5.86. The van der Waals surface area contributed by atoms with Crippen LogP contribution in [-0.4, -0.2) is 32.7 Å². The lowest BCUT2D eigenvalue weighted by molar-refractivity contribution is 0.0518. The Balaban J connectivity index is 1.76. The minimum Gasteiger partial charge on any atom is -0.471 e. The Hall–Kier alpha value is -3.36. The third-order valence-electron chi connectivity index (χ3n) is 3.65. The molecular weight excluding hydrogens is 355 g/mol. The van der Waals surface area contributed by atoms with Crippen LogP contribution in [0.1, 0.15) is 34.4 Å². The first-order chi connectivity index (χ1) is 13.1. The molecule has 0 saturated heterocycles. The van der Waals surface area contributed by atoms with Crippen molar-refractivity contribution in [2.45, 2.75) is 27.1 Å². The Labute approximate surface area is 154 Å². The SMILES string of the molecule is CCOC(=O)c1cnc(OCc2c(-c3ccc(C)nc3)noc2CF)cn1. The van der Waals surface area contributed by atoms with Crippen LogP contribution in [0.3, 0.4) is 0 Å². The Morgan fingerprint density at radius 2 is 2.04 bits per heavy atom. The molecule has 0 spiro atoms.